The van der Waals surface area contributed by atoms with Crippen LogP contribution in [0, 0.1) is 13.8 Å². The zero-order valence-electron chi connectivity index (χ0n) is 10.5. The van der Waals surface area contributed by atoms with E-state index in [1.54, 1.807) is 6.26 Å². The number of aromatic nitrogens is 1. The molecule has 0 radical (unpaired) electrons. The predicted molar refractivity (Wildman–Crippen MR) is 64.7 cm³/mol. The van der Waals surface area contributed by atoms with E-state index >= 15 is 0 Å². The molecular weight excluding hydrogens is 216 g/mol. The summed E-state index contributed by atoms with van der Waals surface area (Å²) < 4.78 is 10.8. The minimum atomic E-state index is 0.327. The zero-order chi connectivity index (χ0) is 12.3. The lowest BCUT2D eigenvalue weighted by molar-refractivity contribution is 0.411. The van der Waals surface area contributed by atoms with Gasteiger partial charge in [0.15, 0.2) is 0 Å². The summed E-state index contributed by atoms with van der Waals surface area (Å²) in [4.78, 5) is 4.33. The molecule has 0 spiro atoms. The summed E-state index contributed by atoms with van der Waals surface area (Å²) >= 11 is 0. The van der Waals surface area contributed by atoms with Gasteiger partial charge in [0.05, 0.1) is 18.5 Å². The Kier molecular flexibility index (Phi) is 3.64. The first-order chi connectivity index (χ1) is 8.15. The summed E-state index contributed by atoms with van der Waals surface area (Å²) in [5, 5.41) is 3.36. The Morgan fingerprint density at radius 3 is 2.82 bits per heavy atom. The summed E-state index contributed by atoms with van der Waals surface area (Å²) in [6, 6.07) is 4.22. The number of hydrogen-bond donors (Lipinski definition) is 1. The number of hydrogen-bond acceptors (Lipinski definition) is 4. The Hall–Kier alpha value is -1.55. The maximum atomic E-state index is 5.50. The zero-order valence-corrected chi connectivity index (χ0v) is 10.5. The molecule has 92 valence electrons. The van der Waals surface area contributed by atoms with Crippen molar-refractivity contribution in [1.29, 1.82) is 0 Å². The predicted octanol–water partition coefficient (Wildman–Crippen LogP) is 2.61. The lowest BCUT2D eigenvalue weighted by Crippen LogP contribution is -2.27. The van der Waals surface area contributed by atoms with E-state index in [9.17, 15) is 0 Å². The van der Waals surface area contributed by atoms with Crippen LogP contribution in [0.3, 0.4) is 0 Å². The quantitative estimate of drug-likeness (QED) is 0.864. The first kappa shape index (κ1) is 11.9. The second-order valence-corrected chi connectivity index (χ2v) is 4.31. The van der Waals surface area contributed by atoms with E-state index in [0.717, 1.165) is 29.5 Å². The van der Waals surface area contributed by atoms with Gasteiger partial charge in [0.2, 0.25) is 5.89 Å². The standard InChI is InChI=1S/C13H18N2O2/c1-9(7-12-5-4-6-16-12)14-8-13-15-10(2)11(3)17-13/h4-6,9,14H,7-8H2,1-3H3. The molecule has 2 rings (SSSR count). The molecule has 2 aromatic heterocycles. The highest BCUT2D eigenvalue weighted by atomic mass is 16.4. The molecule has 0 saturated heterocycles. The van der Waals surface area contributed by atoms with Crippen molar-refractivity contribution in [3.63, 3.8) is 0 Å². The molecule has 0 amide bonds. The fourth-order valence-corrected chi connectivity index (χ4v) is 1.68. The van der Waals surface area contributed by atoms with Gasteiger partial charge in [-0.15, -0.1) is 0 Å². The molecular formula is C13H18N2O2. The first-order valence-corrected chi connectivity index (χ1v) is 5.84. The number of nitrogens with zero attached hydrogens (tertiary/aromatic N) is 1. The summed E-state index contributed by atoms with van der Waals surface area (Å²) in [7, 11) is 0. The summed E-state index contributed by atoms with van der Waals surface area (Å²) in [6.45, 7) is 6.65. The minimum Gasteiger partial charge on any atom is -0.469 e. The molecule has 1 atom stereocenters. The van der Waals surface area contributed by atoms with Gasteiger partial charge in [-0.2, -0.15) is 0 Å². The lowest BCUT2D eigenvalue weighted by Gasteiger charge is -2.10. The van der Waals surface area contributed by atoms with E-state index in [4.69, 9.17) is 8.83 Å². The van der Waals surface area contributed by atoms with Crippen LogP contribution in [0.1, 0.15) is 30.0 Å². The van der Waals surface area contributed by atoms with Crippen LogP contribution in [0.15, 0.2) is 27.2 Å². The molecule has 0 aliphatic heterocycles. The average molecular weight is 234 g/mol. The second kappa shape index (κ2) is 5.19. The molecule has 1 N–H and O–H groups in total. The van der Waals surface area contributed by atoms with E-state index in [-0.39, 0.29) is 0 Å². The third-order valence-corrected chi connectivity index (χ3v) is 2.76. The fourth-order valence-electron chi connectivity index (χ4n) is 1.68. The smallest absolute Gasteiger partial charge is 0.208 e. The van der Waals surface area contributed by atoms with Crippen LogP contribution in [0.5, 0.6) is 0 Å². The highest BCUT2D eigenvalue weighted by Gasteiger charge is 2.08. The van der Waals surface area contributed by atoms with Crippen molar-refractivity contribution >= 4 is 0 Å². The number of oxazole rings is 1. The third kappa shape index (κ3) is 3.20. The molecule has 17 heavy (non-hydrogen) atoms. The van der Waals surface area contributed by atoms with Gasteiger partial charge in [-0.05, 0) is 32.9 Å². The number of rotatable bonds is 5. The average Bonchev–Trinajstić information content (AvgIpc) is 2.87. The largest absolute Gasteiger partial charge is 0.469 e. The van der Waals surface area contributed by atoms with E-state index in [1.165, 1.54) is 0 Å². The molecule has 4 heteroatoms. The van der Waals surface area contributed by atoms with Crippen molar-refractivity contribution in [3.05, 3.63) is 41.5 Å². The van der Waals surface area contributed by atoms with Crippen LogP contribution in [-0.4, -0.2) is 11.0 Å². The lowest BCUT2D eigenvalue weighted by atomic mass is 10.2. The molecule has 4 nitrogen and oxygen atoms in total. The maximum Gasteiger partial charge on any atom is 0.208 e. The summed E-state index contributed by atoms with van der Waals surface area (Å²) in [5.74, 6) is 2.62. The van der Waals surface area contributed by atoms with Crippen molar-refractivity contribution < 1.29 is 8.83 Å². The minimum absolute atomic E-state index is 0.327. The van der Waals surface area contributed by atoms with Crippen molar-refractivity contribution in [3.8, 4) is 0 Å². The Labute approximate surface area is 101 Å². The van der Waals surface area contributed by atoms with Gasteiger partial charge in [0.25, 0.3) is 0 Å². The van der Waals surface area contributed by atoms with Crippen molar-refractivity contribution in [2.75, 3.05) is 0 Å². The van der Waals surface area contributed by atoms with E-state index < -0.39 is 0 Å². The van der Waals surface area contributed by atoms with Gasteiger partial charge in [-0.25, -0.2) is 4.98 Å². The van der Waals surface area contributed by atoms with Gasteiger partial charge < -0.3 is 14.2 Å². The van der Waals surface area contributed by atoms with Crippen LogP contribution < -0.4 is 5.32 Å². The Morgan fingerprint density at radius 2 is 2.24 bits per heavy atom. The van der Waals surface area contributed by atoms with Gasteiger partial charge in [0.1, 0.15) is 11.5 Å². The molecule has 0 saturated carbocycles. The molecule has 0 aromatic carbocycles. The Bertz CT molecular complexity index is 440. The monoisotopic (exact) mass is 234 g/mol. The number of aryl methyl sites for hydroxylation is 2. The van der Waals surface area contributed by atoms with Gasteiger partial charge in [-0.3, -0.25) is 0 Å². The summed E-state index contributed by atoms with van der Waals surface area (Å²) in [6.07, 6.45) is 2.56. The van der Waals surface area contributed by atoms with Crippen LogP contribution in [0.25, 0.3) is 0 Å². The molecule has 2 aromatic rings. The van der Waals surface area contributed by atoms with Crippen molar-refractivity contribution in [2.24, 2.45) is 0 Å². The molecule has 0 aliphatic carbocycles. The van der Waals surface area contributed by atoms with E-state index in [1.807, 2.05) is 26.0 Å². The maximum absolute atomic E-state index is 5.50. The molecule has 0 fully saturated rings. The topological polar surface area (TPSA) is 51.2 Å². The number of nitrogens with one attached hydrogen (secondary N) is 1. The van der Waals surface area contributed by atoms with E-state index in [0.29, 0.717) is 12.6 Å². The molecule has 1 unspecified atom stereocenters. The SMILES string of the molecule is Cc1nc(CNC(C)Cc2ccco2)oc1C. The highest BCUT2D eigenvalue weighted by molar-refractivity contribution is 5.05. The van der Waals surface area contributed by atoms with Crippen LogP contribution in [0.4, 0.5) is 0 Å². The van der Waals surface area contributed by atoms with Gasteiger partial charge >= 0.3 is 0 Å². The van der Waals surface area contributed by atoms with Crippen LogP contribution in [0.2, 0.25) is 0 Å². The Morgan fingerprint density at radius 1 is 1.41 bits per heavy atom. The molecule has 0 bridgehead atoms. The van der Waals surface area contributed by atoms with Crippen molar-refractivity contribution in [2.45, 2.75) is 39.8 Å². The highest BCUT2D eigenvalue weighted by Crippen LogP contribution is 2.09. The first-order valence-electron chi connectivity index (χ1n) is 5.84. The van der Waals surface area contributed by atoms with E-state index in [2.05, 4.69) is 17.2 Å². The number of furan rings is 1. The van der Waals surface area contributed by atoms with Crippen LogP contribution in [-0.2, 0) is 13.0 Å². The van der Waals surface area contributed by atoms with Gasteiger partial charge in [-0.1, -0.05) is 0 Å². The molecule has 0 aliphatic rings. The fraction of sp³-hybridized carbons (Fsp3) is 0.462. The summed E-state index contributed by atoms with van der Waals surface area (Å²) in [5.41, 5.74) is 0.959. The Balaban J connectivity index is 1.81. The van der Waals surface area contributed by atoms with Crippen molar-refractivity contribution in [1.82, 2.24) is 10.3 Å². The molecule has 2 heterocycles. The second-order valence-electron chi connectivity index (χ2n) is 4.31. The van der Waals surface area contributed by atoms with Crippen LogP contribution >= 0.6 is 0 Å². The van der Waals surface area contributed by atoms with Gasteiger partial charge in [0, 0.05) is 12.5 Å². The third-order valence-electron chi connectivity index (χ3n) is 2.76. The normalized spacial score (nSPS) is 12.9.